The number of hydrogen-bond donors (Lipinski definition) is 1. The summed E-state index contributed by atoms with van der Waals surface area (Å²) in [6.45, 7) is -0.182. The van der Waals surface area contributed by atoms with Gasteiger partial charge in [-0.2, -0.15) is 13.2 Å². The molecule has 5 rings (SSSR count). The molecule has 1 amide bonds. The smallest absolute Gasteiger partial charge is 0.350 e. The third-order valence-electron chi connectivity index (χ3n) is 7.09. The Balaban J connectivity index is 1.37. The van der Waals surface area contributed by atoms with Gasteiger partial charge in [-0.1, -0.05) is 42.1 Å². The molecule has 2 aromatic heterocycles. The predicted molar refractivity (Wildman–Crippen MR) is 153 cm³/mol. The maximum Gasteiger partial charge on any atom is 0.433 e. The Morgan fingerprint density at radius 2 is 1.70 bits per heavy atom. The molecule has 2 heterocycles. The van der Waals surface area contributed by atoms with Crippen LogP contribution in [-0.4, -0.2) is 40.7 Å². The molecule has 0 aliphatic heterocycles. The number of halogens is 5. The molecule has 0 radical (unpaired) electrons. The number of amides is 1. The van der Waals surface area contributed by atoms with E-state index in [0.29, 0.717) is 11.4 Å². The SMILES string of the molecule is O=C(NCc1cc(-c2ccc(C(F)(F)F)nc2)nc(SCc2ccccc2)n1)[C@@H]1C[C@@H](F)CC1S(=O)(=O)c1ccc(F)cc1. The van der Waals surface area contributed by atoms with Crippen LogP contribution in [-0.2, 0) is 33.1 Å². The number of nitrogens with zero attached hydrogens (tertiary/aromatic N) is 3. The minimum Gasteiger partial charge on any atom is -0.350 e. The van der Waals surface area contributed by atoms with Gasteiger partial charge in [0, 0.05) is 17.5 Å². The molecule has 14 heteroatoms. The zero-order valence-corrected chi connectivity index (χ0v) is 24.5. The maximum atomic E-state index is 14.5. The summed E-state index contributed by atoms with van der Waals surface area (Å²) in [5.74, 6) is -2.04. The number of hydrogen-bond acceptors (Lipinski definition) is 7. The van der Waals surface area contributed by atoms with Gasteiger partial charge in [0.2, 0.25) is 5.91 Å². The monoisotopic (exact) mass is 648 g/mol. The number of nitrogens with one attached hydrogen (secondary N) is 1. The summed E-state index contributed by atoms with van der Waals surface area (Å²) in [5.41, 5.74) is 0.771. The minimum absolute atomic E-state index is 0.182. The molecule has 1 aliphatic rings. The molecule has 0 spiro atoms. The van der Waals surface area contributed by atoms with Gasteiger partial charge < -0.3 is 5.32 Å². The number of aromatic nitrogens is 3. The molecule has 4 aromatic rings. The lowest BCUT2D eigenvalue weighted by atomic mass is 10.1. The second-order valence-electron chi connectivity index (χ2n) is 10.2. The number of benzene rings is 2. The molecule has 1 N–H and O–H groups in total. The quantitative estimate of drug-likeness (QED) is 0.0999. The molecule has 1 aliphatic carbocycles. The normalized spacial score (nSPS) is 18.7. The van der Waals surface area contributed by atoms with Gasteiger partial charge in [-0.05, 0) is 60.9 Å². The Morgan fingerprint density at radius 3 is 2.36 bits per heavy atom. The first-order valence-electron chi connectivity index (χ1n) is 13.4. The van der Waals surface area contributed by atoms with Gasteiger partial charge in [-0.25, -0.2) is 27.2 Å². The molecular weight excluding hydrogens is 623 g/mol. The fourth-order valence-corrected chi connectivity index (χ4v) is 7.71. The molecule has 1 unspecified atom stereocenters. The van der Waals surface area contributed by atoms with E-state index in [9.17, 15) is 35.2 Å². The number of sulfone groups is 1. The first kappa shape index (κ1) is 31.5. The van der Waals surface area contributed by atoms with Crippen LogP contribution in [0.15, 0.2) is 89.0 Å². The van der Waals surface area contributed by atoms with Crippen molar-refractivity contribution >= 4 is 27.5 Å². The van der Waals surface area contributed by atoms with Crippen LogP contribution in [0.5, 0.6) is 0 Å². The third kappa shape index (κ3) is 7.41. The zero-order chi connectivity index (χ0) is 31.5. The topological polar surface area (TPSA) is 102 Å². The highest BCUT2D eigenvalue weighted by atomic mass is 32.2. The molecule has 7 nitrogen and oxygen atoms in total. The van der Waals surface area contributed by atoms with E-state index in [1.165, 1.54) is 23.9 Å². The Labute approximate surface area is 254 Å². The fourth-order valence-electron chi connectivity index (χ4n) is 4.88. The van der Waals surface area contributed by atoms with Crippen LogP contribution >= 0.6 is 11.8 Å². The van der Waals surface area contributed by atoms with Crippen LogP contribution in [0.1, 0.15) is 29.8 Å². The molecule has 3 atom stereocenters. The van der Waals surface area contributed by atoms with Crippen molar-refractivity contribution in [2.75, 3.05) is 0 Å². The number of pyridine rings is 1. The summed E-state index contributed by atoms with van der Waals surface area (Å²) in [7, 11) is -4.15. The Morgan fingerprint density at radius 1 is 0.977 bits per heavy atom. The Kier molecular flexibility index (Phi) is 9.30. The summed E-state index contributed by atoms with van der Waals surface area (Å²) in [5, 5.41) is 1.58. The van der Waals surface area contributed by atoms with Crippen molar-refractivity contribution in [1.29, 1.82) is 0 Å². The van der Waals surface area contributed by atoms with E-state index >= 15 is 0 Å². The lowest BCUT2D eigenvalue weighted by molar-refractivity contribution is -0.141. The van der Waals surface area contributed by atoms with Gasteiger partial charge in [0.15, 0.2) is 15.0 Å². The van der Waals surface area contributed by atoms with Crippen molar-refractivity contribution in [3.8, 4) is 11.3 Å². The lowest BCUT2D eigenvalue weighted by Crippen LogP contribution is -2.38. The van der Waals surface area contributed by atoms with Crippen LogP contribution in [0.4, 0.5) is 22.0 Å². The van der Waals surface area contributed by atoms with Gasteiger partial charge in [-0.15, -0.1) is 0 Å². The van der Waals surface area contributed by atoms with Crippen molar-refractivity contribution in [2.24, 2.45) is 5.92 Å². The average molecular weight is 649 g/mol. The number of thioether (sulfide) groups is 1. The Bertz CT molecular complexity index is 1720. The van der Waals surface area contributed by atoms with Gasteiger partial charge in [0.25, 0.3) is 0 Å². The van der Waals surface area contributed by atoms with Gasteiger partial charge in [-0.3, -0.25) is 9.78 Å². The molecule has 1 saturated carbocycles. The van der Waals surface area contributed by atoms with Crippen molar-refractivity contribution in [3.05, 3.63) is 102 Å². The second-order valence-corrected chi connectivity index (χ2v) is 13.3. The number of carbonyl (C=O) groups is 1. The minimum atomic E-state index is -4.61. The highest BCUT2D eigenvalue weighted by Crippen LogP contribution is 2.37. The highest BCUT2D eigenvalue weighted by Gasteiger charge is 2.46. The van der Waals surface area contributed by atoms with Crippen molar-refractivity contribution in [1.82, 2.24) is 20.3 Å². The zero-order valence-electron chi connectivity index (χ0n) is 22.8. The molecule has 230 valence electrons. The summed E-state index contributed by atoms with van der Waals surface area (Å²) in [6, 6.07) is 17.1. The molecular formula is C30H25F5N4O3S2. The van der Waals surface area contributed by atoms with E-state index in [4.69, 9.17) is 0 Å². The molecule has 0 saturated heterocycles. The summed E-state index contributed by atoms with van der Waals surface area (Å²) < 4.78 is 93.4. The van der Waals surface area contributed by atoms with E-state index in [0.717, 1.165) is 42.1 Å². The summed E-state index contributed by atoms with van der Waals surface area (Å²) >= 11 is 1.28. The number of carbonyl (C=O) groups excluding carboxylic acids is 1. The number of rotatable bonds is 9. The second kappa shape index (κ2) is 13.0. The van der Waals surface area contributed by atoms with Gasteiger partial charge in [0.1, 0.15) is 17.7 Å². The Hall–Kier alpha value is -3.91. The van der Waals surface area contributed by atoms with Crippen LogP contribution in [0, 0.1) is 11.7 Å². The molecule has 2 aromatic carbocycles. The highest BCUT2D eigenvalue weighted by molar-refractivity contribution is 7.98. The van der Waals surface area contributed by atoms with Crippen molar-refractivity contribution in [2.45, 2.75) is 52.8 Å². The predicted octanol–water partition coefficient (Wildman–Crippen LogP) is 6.20. The van der Waals surface area contributed by atoms with Crippen molar-refractivity contribution in [3.63, 3.8) is 0 Å². The molecule has 0 bridgehead atoms. The number of alkyl halides is 4. The van der Waals surface area contributed by atoms with E-state index in [1.54, 1.807) is 0 Å². The largest absolute Gasteiger partial charge is 0.433 e. The molecule has 44 heavy (non-hydrogen) atoms. The standard InChI is InChI=1S/C30H25F5N4O3S2/c31-20-7-9-23(10-8-20)44(41,42)26-13-21(32)12-24(26)28(40)37-16-22-14-25(19-6-11-27(36-15-19)30(33,34)35)39-29(38-22)43-17-18-4-2-1-3-5-18/h1-11,14-15,21,24,26H,12-13,16-17H2,(H,37,40)/t21-,24-,26?/m1/s1. The van der Waals surface area contributed by atoms with E-state index in [1.807, 2.05) is 30.3 Å². The third-order valence-corrected chi connectivity index (χ3v) is 10.3. The average Bonchev–Trinajstić information content (AvgIpc) is 3.42. The van der Waals surface area contributed by atoms with Gasteiger partial charge >= 0.3 is 6.18 Å². The van der Waals surface area contributed by atoms with Crippen LogP contribution in [0.2, 0.25) is 0 Å². The van der Waals surface area contributed by atoms with Crippen molar-refractivity contribution < 1.29 is 35.2 Å². The fraction of sp³-hybridized carbons (Fsp3) is 0.267. The first-order chi connectivity index (χ1) is 20.9. The van der Waals surface area contributed by atoms with Crippen LogP contribution in [0.25, 0.3) is 11.3 Å². The van der Waals surface area contributed by atoms with E-state index in [2.05, 4.69) is 20.3 Å². The van der Waals surface area contributed by atoms with Crippen LogP contribution in [0.3, 0.4) is 0 Å². The first-order valence-corrected chi connectivity index (χ1v) is 15.9. The molecule has 1 fully saturated rings. The summed E-state index contributed by atoms with van der Waals surface area (Å²) in [4.78, 5) is 25.5. The van der Waals surface area contributed by atoms with Gasteiger partial charge in [0.05, 0.1) is 34.0 Å². The maximum absolute atomic E-state index is 14.5. The van der Waals surface area contributed by atoms with E-state index in [-0.39, 0.29) is 40.7 Å². The van der Waals surface area contributed by atoms with E-state index < -0.39 is 50.8 Å². The summed E-state index contributed by atoms with van der Waals surface area (Å²) in [6.07, 6.45) is -5.77. The lowest BCUT2D eigenvalue weighted by Gasteiger charge is -2.19. The van der Waals surface area contributed by atoms with Crippen LogP contribution < -0.4 is 5.32 Å².